The Morgan fingerprint density at radius 3 is 2.64 bits per heavy atom. The van der Waals surface area contributed by atoms with Crippen LogP contribution in [-0.2, 0) is 22.4 Å². The predicted molar refractivity (Wildman–Crippen MR) is 97.7 cm³/mol. The molecule has 0 fully saturated rings. The molecule has 2 aromatic heterocycles. The van der Waals surface area contributed by atoms with Gasteiger partial charge in [0, 0.05) is 4.88 Å². The topological polar surface area (TPSA) is 98.5 Å². The number of rotatable bonds is 5. The highest BCUT2D eigenvalue weighted by molar-refractivity contribution is 7.18. The summed E-state index contributed by atoms with van der Waals surface area (Å²) in [5, 5.41) is 3.07. The molecule has 0 aromatic carbocycles. The number of esters is 1. The first kappa shape index (κ1) is 17.9. The SMILES string of the molecule is NC(=O)c1c(NC(=O)COC(=O)c2ccc(Cl)s2)sc2c1CCCC2. The van der Waals surface area contributed by atoms with E-state index in [2.05, 4.69) is 5.32 Å². The first-order valence-electron chi connectivity index (χ1n) is 7.62. The lowest BCUT2D eigenvalue weighted by Crippen LogP contribution is -2.22. The number of nitrogens with two attached hydrogens (primary N) is 1. The number of halogens is 1. The van der Waals surface area contributed by atoms with E-state index < -0.39 is 24.4 Å². The van der Waals surface area contributed by atoms with Crippen LogP contribution in [0.1, 0.15) is 43.3 Å². The molecule has 0 saturated heterocycles. The molecular formula is C16H15ClN2O4S2. The number of amides is 2. The second kappa shape index (κ2) is 7.55. The van der Waals surface area contributed by atoms with E-state index in [0.717, 1.165) is 47.5 Å². The fourth-order valence-corrected chi connectivity index (χ4v) is 4.95. The average molecular weight is 399 g/mol. The maximum atomic E-state index is 12.1. The number of hydrogen-bond acceptors (Lipinski definition) is 6. The number of thiophene rings is 2. The minimum Gasteiger partial charge on any atom is -0.451 e. The Kier molecular flexibility index (Phi) is 5.41. The zero-order chi connectivity index (χ0) is 18.0. The van der Waals surface area contributed by atoms with Gasteiger partial charge >= 0.3 is 5.97 Å². The maximum Gasteiger partial charge on any atom is 0.348 e. The third-order valence-corrected chi connectivity index (χ3v) is 6.20. The van der Waals surface area contributed by atoms with Crippen LogP contribution in [0, 0.1) is 0 Å². The Morgan fingerprint density at radius 1 is 1.20 bits per heavy atom. The molecule has 0 saturated carbocycles. The molecule has 9 heteroatoms. The van der Waals surface area contributed by atoms with Crippen molar-refractivity contribution in [2.45, 2.75) is 25.7 Å². The summed E-state index contributed by atoms with van der Waals surface area (Å²) in [6.07, 6.45) is 3.72. The summed E-state index contributed by atoms with van der Waals surface area (Å²) in [6, 6.07) is 3.12. The Morgan fingerprint density at radius 2 is 1.96 bits per heavy atom. The number of carbonyl (C=O) groups is 3. The quantitative estimate of drug-likeness (QED) is 0.755. The summed E-state index contributed by atoms with van der Waals surface area (Å²) in [5.41, 5.74) is 6.79. The number of aryl methyl sites for hydroxylation is 1. The molecule has 3 rings (SSSR count). The summed E-state index contributed by atoms with van der Waals surface area (Å²) in [6.45, 7) is -0.449. The highest BCUT2D eigenvalue weighted by atomic mass is 35.5. The monoisotopic (exact) mass is 398 g/mol. The van der Waals surface area contributed by atoms with E-state index in [4.69, 9.17) is 22.1 Å². The van der Waals surface area contributed by atoms with E-state index in [0.29, 0.717) is 19.8 Å². The van der Waals surface area contributed by atoms with Gasteiger partial charge < -0.3 is 15.8 Å². The van der Waals surface area contributed by atoms with Crippen molar-refractivity contribution in [3.05, 3.63) is 37.4 Å². The van der Waals surface area contributed by atoms with Gasteiger partial charge in [0.2, 0.25) is 0 Å². The Bertz CT molecular complexity index is 843. The minimum atomic E-state index is -0.618. The van der Waals surface area contributed by atoms with Crippen molar-refractivity contribution in [3.63, 3.8) is 0 Å². The van der Waals surface area contributed by atoms with Gasteiger partial charge in [0.1, 0.15) is 9.88 Å². The Hall–Kier alpha value is -1.90. The van der Waals surface area contributed by atoms with Crippen LogP contribution in [0.4, 0.5) is 5.00 Å². The summed E-state index contributed by atoms with van der Waals surface area (Å²) < 4.78 is 5.43. The molecule has 2 heterocycles. The van der Waals surface area contributed by atoms with Gasteiger partial charge in [-0.3, -0.25) is 9.59 Å². The highest BCUT2D eigenvalue weighted by Crippen LogP contribution is 2.37. The van der Waals surface area contributed by atoms with Crippen LogP contribution in [-0.4, -0.2) is 24.4 Å². The van der Waals surface area contributed by atoms with Crippen molar-refractivity contribution < 1.29 is 19.1 Å². The second-order valence-corrected chi connectivity index (χ2v) is 8.33. The number of nitrogens with one attached hydrogen (secondary N) is 1. The van der Waals surface area contributed by atoms with E-state index in [1.54, 1.807) is 6.07 Å². The van der Waals surface area contributed by atoms with Crippen molar-refractivity contribution in [2.24, 2.45) is 5.73 Å². The van der Waals surface area contributed by atoms with Crippen molar-refractivity contribution >= 4 is 57.1 Å². The van der Waals surface area contributed by atoms with E-state index >= 15 is 0 Å². The number of carbonyl (C=O) groups excluding carboxylic acids is 3. The number of anilines is 1. The van der Waals surface area contributed by atoms with Gasteiger partial charge in [-0.05, 0) is 43.4 Å². The molecule has 0 atom stereocenters. The summed E-state index contributed by atoms with van der Waals surface area (Å²) in [4.78, 5) is 37.1. The molecule has 6 nitrogen and oxygen atoms in total. The lowest BCUT2D eigenvalue weighted by atomic mass is 9.95. The smallest absolute Gasteiger partial charge is 0.348 e. The fourth-order valence-electron chi connectivity index (χ4n) is 2.70. The lowest BCUT2D eigenvalue weighted by Gasteiger charge is -2.11. The highest BCUT2D eigenvalue weighted by Gasteiger charge is 2.25. The number of hydrogen-bond donors (Lipinski definition) is 2. The van der Waals surface area contributed by atoms with Crippen LogP contribution in [0.15, 0.2) is 12.1 Å². The number of primary amides is 1. The minimum absolute atomic E-state index is 0.321. The van der Waals surface area contributed by atoms with Crippen molar-refractivity contribution in [1.82, 2.24) is 0 Å². The van der Waals surface area contributed by atoms with Crippen LogP contribution in [0.3, 0.4) is 0 Å². The molecule has 0 radical (unpaired) electrons. The van der Waals surface area contributed by atoms with Gasteiger partial charge in [0.15, 0.2) is 6.61 Å². The molecule has 2 amide bonds. The van der Waals surface area contributed by atoms with Crippen molar-refractivity contribution in [3.8, 4) is 0 Å². The van der Waals surface area contributed by atoms with Gasteiger partial charge in [0.25, 0.3) is 11.8 Å². The normalized spacial score (nSPS) is 13.2. The predicted octanol–water partition coefficient (Wildman–Crippen LogP) is 3.24. The molecule has 1 aliphatic rings. The van der Waals surface area contributed by atoms with Crippen molar-refractivity contribution in [1.29, 1.82) is 0 Å². The molecule has 0 spiro atoms. The summed E-state index contributed by atoms with van der Waals surface area (Å²) >= 11 is 8.20. The van der Waals surface area contributed by atoms with Crippen molar-refractivity contribution in [2.75, 3.05) is 11.9 Å². The van der Waals surface area contributed by atoms with Gasteiger partial charge in [-0.2, -0.15) is 0 Å². The zero-order valence-electron chi connectivity index (χ0n) is 13.1. The molecule has 2 aromatic rings. The lowest BCUT2D eigenvalue weighted by molar-refractivity contribution is -0.119. The van der Waals surface area contributed by atoms with Gasteiger partial charge in [-0.1, -0.05) is 11.6 Å². The standard InChI is InChI=1S/C16H15ClN2O4S2/c17-11-6-5-10(24-11)16(22)23-7-12(20)19-15-13(14(18)21)8-3-1-2-4-9(8)25-15/h5-6H,1-4,7H2,(H2,18,21)(H,19,20). The molecule has 132 valence electrons. The van der Waals surface area contributed by atoms with Crippen LogP contribution < -0.4 is 11.1 Å². The molecule has 0 bridgehead atoms. The average Bonchev–Trinajstić information content (AvgIpc) is 3.15. The van der Waals surface area contributed by atoms with Crippen LogP contribution >= 0.6 is 34.3 Å². The number of fused-ring (bicyclic) bond motifs is 1. The molecule has 0 unspecified atom stereocenters. The summed E-state index contributed by atoms with van der Waals surface area (Å²) in [5.74, 6) is -1.69. The van der Waals surface area contributed by atoms with Gasteiger partial charge in [0.05, 0.1) is 9.90 Å². The summed E-state index contributed by atoms with van der Waals surface area (Å²) in [7, 11) is 0. The molecule has 3 N–H and O–H groups in total. The first-order valence-corrected chi connectivity index (χ1v) is 9.63. The van der Waals surface area contributed by atoms with Crippen LogP contribution in [0.5, 0.6) is 0 Å². The van der Waals surface area contributed by atoms with Gasteiger partial charge in [-0.15, -0.1) is 22.7 Å². The van der Waals surface area contributed by atoms with Crippen LogP contribution in [0.25, 0.3) is 0 Å². The largest absolute Gasteiger partial charge is 0.451 e. The zero-order valence-corrected chi connectivity index (χ0v) is 15.5. The Labute approximate surface area is 156 Å². The maximum absolute atomic E-state index is 12.1. The molecular weight excluding hydrogens is 384 g/mol. The molecule has 1 aliphatic carbocycles. The molecule has 25 heavy (non-hydrogen) atoms. The van der Waals surface area contributed by atoms with E-state index in [-0.39, 0.29) is 0 Å². The molecule has 0 aliphatic heterocycles. The fraction of sp³-hybridized carbons (Fsp3) is 0.312. The third-order valence-electron chi connectivity index (χ3n) is 3.78. The first-order chi connectivity index (χ1) is 12.0. The van der Waals surface area contributed by atoms with E-state index in [9.17, 15) is 14.4 Å². The van der Waals surface area contributed by atoms with Crippen LogP contribution in [0.2, 0.25) is 4.34 Å². The third kappa shape index (κ3) is 4.02. The van der Waals surface area contributed by atoms with Gasteiger partial charge in [-0.25, -0.2) is 4.79 Å². The van der Waals surface area contributed by atoms with E-state index in [1.807, 2.05) is 0 Å². The second-order valence-electron chi connectivity index (χ2n) is 5.51. The Balaban J connectivity index is 1.66. The van der Waals surface area contributed by atoms with E-state index in [1.165, 1.54) is 17.4 Å². The number of ether oxygens (including phenoxy) is 1.